The smallest absolute Gasteiger partial charge is 0.242 e. The van der Waals surface area contributed by atoms with Crippen molar-refractivity contribution in [2.24, 2.45) is 5.92 Å². The number of carbonyl (C=O) groups is 1. The zero-order valence-corrected chi connectivity index (χ0v) is 17.3. The summed E-state index contributed by atoms with van der Waals surface area (Å²) in [6.07, 6.45) is 0.959. The molecule has 2 aromatic rings. The molecule has 2 atom stereocenters. The number of rotatable bonds is 7. The van der Waals surface area contributed by atoms with E-state index < -0.39 is 0 Å². The monoisotopic (exact) mass is 415 g/mol. The Kier molecular flexibility index (Phi) is 6.23. The molecule has 7 heteroatoms. The zero-order valence-electron chi connectivity index (χ0n) is 16.5. The molecule has 1 amide bonds. The topological polar surface area (TPSA) is 54.0 Å². The van der Waals surface area contributed by atoms with E-state index in [9.17, 15) is 4.79 Å². The van der Waals surface area contributed by atoms with Crippen molar-refractivity contribution >= 4 is 17.5 Å². The van der Waals surface area contributed by atoms with Crippen LogP contribution in [0.25, 0.3) is 0 Å². The van der Waals surface area contributed by atoms with Crippen LogP contribution in [0.4, 0.5) is 0 Å². The van der Waals surface area contributed by atoms with Gasteiger partial charge in [0.2, 0.25) is 5.91 Å². The van der Waals surface area contributed by atoms with Crippen LogP contribution >= 0.6 is 11.6 Å². The lowest BCUT2D eigenvalue weighted by atomic mass is 9.93. The van der Waals surface area contributed by atoms with E-state index in [0.29, 0.717) is 18.2 Å². The van der Waals surface area contributed by atoms with Gasteiger partial charge in [0.15, 0.2) is 0 Å². The highest BCUT2D eigenvalue weighted by molar-refractivity contribution is 6.30. The Balaban J connectivity index is 1.27. The fourth-order valence-corrected chi connectivity index (χ4v) is 4.11. The predicted octanol–water partition coefficient (Wildman–Crippen LogP) is 2.96. The zero-order chi connectivity index (χ0) is 20.2. The Morgan fingerprint density at radius 1 is 1.10 bits per heavy atom. The van der Waals surface area contributed by atoms with E-state index in [1.54, 1.807) is 24.3 Å². The lowest BCUT2D eigenvalue weighted by molar-refractivity contribution is -0.133. The Morgan fingerprint density at radius 3 is 2.55 bits per heavy atom. The SMILES string of the molecule is COc1ccc(CN2CCC3NN(CCOc4ccc(Cl)cc4)C(=O)C3C2)cc1. The average Bonchev–Trinajstić information content (AvgIpc) is 3.05. The van der Waals surface area contributed by atoms with Gasteiger partial charge in [-0.1, -0.05) is 23.7 Å². The molecule has 154 valence electrons. The summed E-state index contributed by atoms with van der Waals surface area (Å²) in [4.78, 5) is 15.2. The number of likely N-dealkylation sites (tertiary alicyclic amines) is 1. The largest absolute Gasteiger partial charge is 0.497 e. The van der Waals surface area contributed by atoms with Crippen LogP contribution in [0.2, 0.25) is 5.02 Å². The van der Waals surface area contributed by atoms with Crippen LogP contribution in [-0.2, 0) is 11.3 Å². The van der Waals surface area contributed by atoms with Crippen LogP contribution in [-0.4, -0.2) is 55.2 Å². The van der Waals surface area contributed by atoms with Gasteiger partial charge in [-0.15, -0.1) is 0 Å². The first-order valence-corrected chi connectivity index (χ1v) is 10.3. The van der Waals surface area contributed by atoms with Crippen molar-refractivity contribution in [3.05, 3.63) is 59.1 Å². The number of hydrogen-bond acceptors (Lipinski definition) is 5. The summed E-state index contributed by atoms with van der Waals surface area (Å²) in [5.74, 6) is 1.77. The first-order valence-electron chi connectivity index (χ1n) is 9.93. The Bertz CT molecular complexity index is 828. The van der Waals surface area contributed by atoms with Crippen molar-refractivity contribution in [2.45, 2.75) is 19.0 Å². The summed E-state index contributed by atoms with van der Waals surface area (Å²) in [6, 6.07) is 15.6. The fourth-order valence-electron chi connectivity index (χ4n) is 3.98. The molecule has 0 aliphatic carbocycles. The second-order valence-corrected chi connectivity index (χ2v) is 7.94. The summed E-state index contributed by atoms with van der Waals surface area (Å²) in [7, 11) is 1.67. The van der Waals surface area contributed by atoms with Crippen molar-refractivity contribution in [3.63, 3.8) is 0 Å². The van der Waals surface area contributed by atoms with Crippen molar-refractivity contribution < 1.29 is 14.3 Å². The molecule has 6 nitrogen and oxygen atoms in total. The van der Waals surface area contributed by atoms with Gasteiger partial charge in [0.25, 0.3) is 0 Å². The minimum atomic E-state index is -0.00229. The summed E-state index contributed by atoms with van der Waals surface area (Å²) < 4.78 is 10.9. The molecular formula is C22H26ClN3O3. The van der Waals surface area contributed by atoms with Crippen molar-refractivity contribution in [2.75, 3.05) is 33.4 Å². The number of ether oxygens (including phenoxy) is 2. The third kappa shape index (κ3) is 4.83. The van der Waals surface area contributed by atoms with Gasteiger partial charge < -0.3 is 9.47 Å². The average molecular weight is 416 g/mol. The number of hydrazine groups is 1. The van der Waals surface area contributed by atoms with E-state index >= 15 is 0 Å². The van der Waals surface area contributed by atoms with Gasteiger partial charge in [-0.25, -0.2) is 5.43 Å². The molecule has 0 aromatic heterocycles. The summed E-state index contributed by atoms with van der Waals surface area (Å²) >= 11 is 5.89. The van der Waals surface area contributed by atoms with Gasteiger partial charge in [0.05, 0.1) is 19.6 Å². The highest BCUT2D eigenvalue weighted by Gasteiger charge is 2.43. The van der Waals surface area contributed by atoms with Crippen molar-refractivity contribution in [1.29, 1.82) is 0 Å². The molecule has 29 heavy (non-hydrogen) atoms. The molecule has 2 heterocycles. The molecule has 0 bridgehead atoms. The Morgan fingerprint density at radius 2 is 1.83 bits per heavy atom. The first kappa shape index (κ1) is 20.0. The fraction of sp³-hybridized carbons (Fsp3) is 0.409. The number of carbonyl (C=O) groups excluding carboxylic acids is 1. The molecule has 2 aliphatic heterocycles. The van der Waals surface area contributed by atoms with Crippen LogP contribution in [0, 0.1) is 5.92 Å². The van der Waals surface area contributed by atoms with Gasteiger partial charge in [0.1, 0.15) is 18.1 Å². The van der Waals surface area contributed by atoms with E-state index in [0.717, 1.165) is 37.6 Å². The number of methoxy groups -OCH3 is 1. The van der Waals surface area contributed by atoms with Crippen LogP contribution in [0.3, 0.4) is 0 Å². The molecule has 2 unspecified atom stereocenters. The Hall–Kier alpha value is -2.28. The maximum absolute atomic E-state index is 12.9. The van der Waals surface area contributed by atoms with E-state index in [2.05, 4.69) is 22.5 Å². The van der Waals surface area contributed by atoms with Crippen LogP contribution < -0.4 is 14.9 Å². The molecule has 2 fully saturated rings. The second-order valence-electron chi connectivity index (χ2n) is 7.51. The standard InChI is InChI=1S/C22H26ClN3O3/c1-28-18-6-2-16(3-7-18)14-25-11-10-21-20(15-25)22(27)26(24-21)12-13-29-19-8-4-17(23)5-9-19/h2-9,20-21,24H,10-15H2,1H3. The van der Waals surface area contributed by atoms with Crippen LogP contribution in [0.1, 0.15) is 12.0 Å². The molecule has 1 N–H and O–H groups in total. The maximum Gasteiger partial charge on any atom is 0.242 e. The number of benzene rings is 2. The molecule has 4 rings (SSSR count). The first-order chi connectivity index (χ1) is 14.1. The lowest BCUT2D eigenvalue weighted by Crippen LogP contribution is -2.45. The highest BCUT2D eigenvalue weighted by atomic mass is 35.5. The van der Waals surface area contributed by atoms with Crippen molar-refractivity contribution in [3.8, 4) is 11.5 Å². The van der Waals surface area contributed by atoms with Gasteiger partial charge in [-0.05, 0) is 48.4 Å². The normalized spacial score (nSPS) is 21.9. The molecule has 2 saturated heterocycles. The third-order valence-electron chi connectivity index (χ3n) is 5.56. The van der Waals surface area contributed by atoms with Gasteiger partial charge >= 0.3 is 0 Å². The van der Waals surface area contributed by atoms with E-state index in [1.165, 1.54) is 5.56 Å². The summed E-state index contributed by atoms with van der Waals surface area (Å²) in [5, 5.41) is 2.40. The number of hydrogen-bond donors (Lipinski definition) is 1. The number of halogens is 1. The Labute approximate surface area is 176 Å². The number of nitrogens with one attached hydrogen (secondary N) is 1. The van der Waals surface area contributed by atoms with Gasteiger partial charge in [-0.3, -0.25) is 14.7 Å². The molecule has 0 spiro atoms. The summed E-state index contributed by atoms with van der Waals surface area (Å²) in [5.41, 5.74) is 4.61. The minimum absolute atomic E-state index is 0.00229. The molecule has 0 radical (unpaired) electrons. The quantitative estimate of drug-likeness (QED) is 0.753. The molecule has 0 saturated carbocycles. The third-order valence-corrected chi connectivity index (χ3v) is 5.82. The number of amides is 1. The van der Waals surface area contributed by atoms with Gasteiger partial charge in [0, 0.05) is 30.7 Å². The van der Waals surface area contributed by atoms with E-state index in [-0.39, 0.29) is 17.9 Å². The van der Waals surface area contributed by atoms with Crippen LogP contribution in [0.5, 0.6) is 11.5 Å². The van der Waals surface area contributed by atoms with Crippen LogP contribution in [0.15, 0.2) is 48.5 Å². The number of piperidine rings is 1. The second kappa shape index (κ2) is 9.03. The van der Waals surface area contributed by atoms with Gasteiger partial charge in [-0.2, -0.15) is 0 Å². The van der Waals surface area contributed by atoms with E-state index in [4.69, 9.17) is 21.1 Å². The molecule has 2 aromatic carbocycles. The number of fused-ring (bicyclic) bond motifs is 1. The predicted molar refractivity (Wildman–Crippen MR) is 112 cm³/mol. The minimum Gasteiger partial charge on any atom is -0.497 e. The lowest BCUT2D eigenvalue weighted by Gasteiger charge is -2.32. The maximum atomic E-state index is 12.9. The highest BCUT2D eigenvalue weighted by Crippen LogP contribution is 2.26. The van der Waals surface area contributed by atoms with Crippen molar-refractivity contribution in [1.82, 2.24) is 15.3 Å². The summed E-state index contributed by atoms with van der Waals surface area (Å²) in [6.45, 7) is 3.56. The van der Waals surface area contributed by atoms with E-state index in [1.807, 2.05) is 24.3 Å². The molecule has 2 aliphatic rings. The molecular weight excluding hydrogens is 390 g/mol. The number of nitrogens with zero attached hydrogens (tertiary/aromatic N) is 2.